The van der Waals surface area contributed by atoms with Crippen LogP contribution >= 0.6 is 0 Å². The van der Waals surface area contributed by atoms with E-state index in [4.69, 9.17) is 4.42 Å². The predicted octanol–water partition coefficient (Wildman–Crippen LogP) is 3.28. The fraction of sp³-hybridized carbons (Fsp3) is 0.375. The molecule has 102 valence electrons. The second-order valence-corrected chi connectivity index (χ2v) is 4.95. The summed E-state index contributed by atoms with van der Waals surface area (Å²) in [6.07, 6.45) is 0.967. The van der Waals surface area contributed by atoms with Gasteiger partial charge >= 0.3 is 0 Å². The Morgan fingerprint density at radius 1 is 1.21 bits per heavy atom. The predicted molar refractivity (Wildman–Crippen MR) is 76.0 cm³/mol. The van der Waals surface area contributed by atoms with E-state index in [9.17, 15) is 5.11 Å². The van der Waals surface area contributed by atoms with E-state index in [0.717, 1.165) is 0 Å². The van der Waals surface area contributed by atoms with E-state index >= 15 is 0 Å². The van der Waals surface area contributed by atoms with Gasteiger partial charge in [-0.2, -0.15) is 0 Å². The van der Waals surface area contributed by atoms with Crippen molar-refractivity contribution in [3.8, 4) is 0 Å². The Bertz CT molecular complexity index is 520. The maximum Gasteiger partial charge on any atom is 0.133 e. The van der Waals surface area contributed by atoms with Crippen LogP contribution in [0.25, 0.3) is 0 Å². The van der Waals surface area contributed by atoms with E-state index in [1.807, 2.05) is 0 Å². The molecule has 19 heavy (non-hydrogen) atoms. The lowest BCUT2D eigenvalue weighted by Crippen LogP contribution is -2.25. The molecule has 2 aromatic rings. The van der Waals surface area contributed by atoms with Gasteiger partial charge in [0, 0.05) is 12.6 Å². The molecule has 0 fully saturated rings. The zero-order valence-corrected chi connectivity index (χ0v) is 11.7. The van der Waals surface area contributed by atoms with Crippen LogP contribution in [0.4, 0.5) is 0 Å². The summed E-state index contributed by atoms with van der Waals surface area (Å²) in [6, 6.07) is 10.1. The smallest absolute Gasteiger partial charge is 0.133 e. The zero-order valence-electron chi connectivity index (χ0n) is 11.7. The summed E-state index contributed by atoms with van der Waals surface area (Å²) in [7, 11) is 0. The second kappa shape index (κ2) is 6.04. The van der Waals surface area contributed by atoms with Crippen LogP contribution in [-0.4, -0.2) is 11.7 Å². The highest BCUT2D eigenvalue weighted by Crippen LogP contribution is 2.21. The molecule has 0 saturated heterocycles. The van der Waals surface area contributed by atoms with Crippen LogP contribution in [0.15, 0.2) is 41.0 Å². The molecule has 0 aliphatic heterocycles. The third-order valence-corrected chi connectivity index (χ3v) is 3.60. The van der Waals surface area contributed by atoms with E-state index < -0.39 is 6.10 Å². The molecule has 0 saturated carbocycles. The molecule has 1 heterocycles. The molecule has 0 aliphatic carbocycles. The van der Waals surface area contributed by atoms with Gasteiger partial charge in [0.25, 0.3) is 0 Å². The van der Waals surface area contributed by atoms with Gasteiger partial charge in [-0.15, -0.1) is 0 Å². The van der Waals surface area contributed by atoms with E-state index in [1.54, 1.807) is 18.4 Å². The molecule has 2 N–H and O–H groups in total. The molecule has 0 spiro atoms. The van der Waals surface area contributed by atoms with E-state index in [-0.39, 0.29) is 6.04 Å². The van der Waals surface area contributed by atoms with Crippen molar-refractivity contribution >= 4 is 0 Å². The molecule has 3 nitrogen and oxygen atoms in total. The van der Waals surface area contributed by atoms with Gasteiger partial charge in [-0.25, -0.2) is 0 Å². The summed E-state index contributed by atoms with van der Waals surface area (Å²) < 4.78 is 5.19. The zero-order chi connectivity index (χ0) is 13.8. The van der Waals surface area contributed by atoms with Crippen molar-refractivity contribution in [1.29, 1.82) is 0 Å². The number of nitrogens with one attached hydrogen (secondary N) is 1. The number of aliphatic hydroxyl groups is 1. The first-order chi connectivity index (χ1) is 9.09. The molecule has 0 radical (unpaired) electrons. The molecule has 1 aromatic carbocycles. The number of aliphatic hydroxyl groups excluding tert-OH is 1. The monoisotopic (exact) mass is 259 g/mol. The lowest BCUT2D eigenvalue weighted by atomic mass is 9.98. The van der Waals surface area contributed by atoms with Gasteiger partial charge in [0.15, 0.2) is 0 Å². The third kappa shape index (κ3) is 3.25. The van der Waals surface area contributed by atoms with Gasteiger partial charge in [0.05, 0.1) is 6.26 Å². The maximum atomic E-state index is 9.97. The highest BCUT2D eigenvalue weighted by molar-refractivity contribution is 5.35. The lowest BCUT2D eigenvalue weighted by Gasteiger charge is -2.19. The maximum absolute atomic E-state index is 9.97. The van der Waals surface area contributed by atoms with Crippen molar-refractivity contribution in [1.82, 2.24) is 5.32 Å². The van der Waals surface area contributed by atoms with E-state index in [2.05, 4.69) is 44.3 Å². The van der Waals surface area contributed by atoms with Crippen molar-refractivity contribution in [2.24, 2.45) is 0 Å². The minimum atomic E-state index is -0.609. The van der Waals surface area contributed by atoms with Crippen molar-refractivity contribution in [2.75, 3.05) is 6.54 Å². The van der Waals surface area contributed by atoms with Crippen molar-refractivity contribution < 1.29 is 9.52 Å². The molecule has 3 heteroatoms. The Labute approximate surface area is 114 Å². The van der Waals surface area contributed by atoms with Gasteiger partial charge in [-0.3, -0.25) is 0 Å². The number of rotatable bonds is 5. The van der Waals surface area contributed by atoms with Gasteiger partial charge in [-0.05, 0) is 49.6 Å². The third-order valence-electron chi connectivity index (χ3n) is 3.60. The molecular weight excluding hydrogens is 238 g/mol. The summed E-state index contributed by atoms with van der Waals surface area (Å²) in [6.45, 7) is 6.83. The number of aryl methyl sites for hydroxylation is 1. The molecule has 2 unspecified atom stereocenters. The largest absolute Gasteiger partial charge is 0.467 e. The summed E-state index contributed by atoms with van der Waals surface area (Å²) in [5.41, 5.74) is 3.86. The molecule has 0 amide bonds. The number of hydrogen-bond acceptors (Lipinski definition) is 3. The fourth-order valence-electron chi connectivity index (χ4n) is 2.22. The Balaban J connectivity index is 1.98. The van der Waals surface area contributed by atoms with Crippen LogP contribution in [0.2, 0.25) is 0 Å². The number of furan rings is 1. The van der Waals surface area contributed by atoms with Crippen molar-refractivity contribution in [2.45, 2.75) is 32.9 Å². The molecule has 0 aliphatic rings. The van der Waals surface area contributed by atoms with E-state index in [1.165, 1.54) is 16.7 Å². The average Bonchev–Trinajstić information content (AvgIpc) is 2.93. The molecular formula is C16H21NO2. The molecule has 2 rings (SSSR count). The van der Waals surface area contributed by atoms with Crippen LogP contribution in [0.3, 0.4) is 0 Å². The first kappa shape index (κ1) is 13.8. The summed E-state index contributed by atoms with van der Waals surface area (Å²) in [5.74, 6) is 0.598. The highest BCUT2D eigenvalue weighted by atomic mass is 16.4. The normalized spacial score (nSPS) is 14.3. The van der Waals surface area contributed by atoms with Gasteiger partial charge in [0.2, 0.25) is 0 Å². The van der Waals surface area contributed by atoms with Gasteiger partial charge in [-0.1, -0.05) is 18.2 Å². The second-order valence-electron chi connectivity index (χ2n) is 4.95. The fourth-order valence-corrected chi connectivity index (χ4v) is 2.22. The van der Waals surface area contributed by atoms with Crippen LogP contribution in [0, 0.1) is 13.8 Å². The Morgan fingerprint density at radius 2 is 2.00 bits per heavy atom. The molecule has 1 aromatic heterocycles. The first-order valence-corrected chi connectivity index (χ1v) is 6.60. The minimum Gasteiger partial charge on any atom is -0.467 e. The summed E-state index contributed by atoms with van der Waals surface area (Å²) in [4.78, 5) is 0. The Morgan fingerprint density at radius 3 is 2.68 bits per heavy atom. The quantitative estimate of drug-likeness (QED) is 0.866. The van der Waals surface area contributed by atoms with Crippen molar-refractivity contribution in [3.05, 3.63) is 59.0 Å². The van der Waals surface area contributed by atoms with Crippen LogP contribution < -0.4 is 5.32 Å². The summed E-state index contributed by atoms with van der Waals surface area (Å²) in [5, 5.41) is 13.3. The lowest BCUT2D eigenvalue weighted by molar-refractivity contribution is 0.144. The topological polar surface area (TPSA) is 45.4 Å². The van der Waals surface area contributed by atoms with Gasteiger partial charge in [0.1, 0.15) is 11.9 Å². The van der Waals surface area contributed by atoms with Crippen LogP contribution in [0.1, 0.15) is 41.5 Å². The van der Waals surface area contributed by atoms with Crippen molar-refractivity contribution in [3.63, 3.8) is 0 Å². The van der Waals surface area contributed by atoms with Crippen LogP contribution in [0.5, 0.6) is 0 Å². The van der Waals surface area contributed by atoms with Crippen LogP contribution in [-0.2, 0) is 0 Å². The number of benzene rings is 1. The Kier molecular flexibility index (Phi) is 4.40. The molecule has 2 atom stereocenters. The SMILES string of the molecule is Cc1cccc(C(C)NCC(O)c2ccco2)c1C. The van der Waals surface area contributed by atoms with Gasteiger partial charge < -0.3 is 14.8 Å². The minimum absolute atomic E-state index is 0.199. The first-order valence-electron chi connectivity index (χ1n) is 6.60. The average molecular weight is 259 g/mol. The highest BCUT2D eigenvalue weighted by Gasteiger charge is 2.14. The Hall–Kier alpha value is -1.58. The molecule has 0 bridgehead atoms. The van der Waals surface area contributed by atoms with E-state index in [0.29, 0.717) is 12.3 Å². The summed E-state index contributed by atoms with van der Waals surface area (Å²) >= 11 is 0. The standard InChI is InChI=1S/C16H21NO2/c1-11-6-4-7-14(12(11)2)13(3)17-10-15(18)16-8-5-9-19-16/h4-9,13,15,17-18H,10H2,1-3H3. The number of hydrogen-bond donors (Lipinski definition) is 2.